The molecular formula is C17H20FN3O2S. The Kier molecular flexibility index (Phi) is 5.43. The Balaban J connectivity index is 2.49. The van der Waals surface area contributed by atoms with Crippen molar-refractivity contribution < 1.29 is 14.0 Å². The Labute approximate surface area is 144 Å². The van der Waals surface area contributed by atoms with Crippen LogP contribution in [-0.2, 0) is 9.59 Å². The maximum Gasteiger partial charge on any atom is 0.237 e. The van der Waals surface area contributed by atoms with Crippen LogP contribution < -0.4 is 4.90 Å². The fraction of sp³-hybridized carbons (Fsp3) is 0.412. The molecule has 0 aliphatic heterocycles. The molecule has 7 heteroatoms. The molecule has 0 aliphatic carbocycles. The van der Waals surface area contributed by atoms with E-state index in [2.05, 4.69) is 9.97 Å². The summed E-state index contributed by atoms with van der Waals surface area (Å²) >= 11 is 1.23. The first-order valence-corrected chi connectivity index (χ1v) is 8.51. The highest BCUT2D eigenvalue weighted by molar-refractivity contribution is 7.19. The van der Waals surface area contributed by atoms with Crippen molar-refractivity contribution in [3.05, 3.63) is 30.0 Å². The van der Waals surface area contributed by atoms with Crippen LogP contribution in [0.1, 0.15) is 33.4 Å². The monoisotopic (exact) mass is 349 g/mol. The number of amides is 2. The molecule has 24 heavy (non-hydrogen) atoms. The number of hydrogen-bond donors (Lipinski definition) is 0. The minimum Gasteiger partial charge on any atom is -0.274 e. The second-order valence-corrected chi connectivity index (χ2v) is 7.08. The van der Waals surface area contributed by atoms with Gasteiger partial charge in [0.1, 0.15) is 10.0 Å². The zero-order valence-corrected chi connectivity index (χ0v) is 15.1. The third-order valence-electron chi connectivity index (χ3n) is 3.38. The van der Waals surface area contributed by atoms with Crippen LogP contribution in [-0.4, -0.2) is 21.8 Å². The van der Waals surface area contributed by atoms with Gasteiger partial charge >= 0.3 is 0 Å². The maximum atomic E-state index is 13.0. The summed E-state index contributed by atoms with van der Waals surface area (Å²) in [6.45, 7) is 8.77. The Morgan fingerprint density at radius 3 is 2.17 bits per heavy atom. The van der Waals surface area contributed by atoms with Crippen LogP contribution in [0.25, 0.3) is 10.6 Å². The van der Waals surface area contributed by atoms with Crippen molar-refractivity contribution in [1.82, 2.24) is 9.97 Å². The molecule has 5 nitrogen and oxygen atoms in total. The van der Waals surface area contributed by atoms with Crippen LogP contribution in [0.3, 0.4) is 0 Å². The number of rotatable bonds is 4. The number of anilines is 1. The van der Waals surface area contributed by atoms with Gasteiger partial charge in [-0.25, -0.2) is 14.9 Å². The van der Waals surface area contributed by atoms with Crippen LogP contribution >= 0.6 is 11.3 Å². The van der Waals surface area contributed by atoms with Gasteiger partial charge in [0.25, 0.3) is 0 Å². The van der Waals surface area contributed by atoms with Crippen LogP contribution in [0.15, 0.2) is 18.3 Å². The van der Waals surface area contributed by atoms with Crippen LogP contribution in [0.5, 0.6) is 0 Å². The third kappa shape index (κ3) is 3.67. The fourth-order valence-corrected chi connectivity index (χ4v) is 3.12. The van der Waals surface area contributed by atoms with Gasteiger partial charge in [-0.15, -0.1) is 0 Å². The second-order valence-electron chi connectivity index (χ2n) is 6.10. The number of imide groups is 1. The normalized spacial score (nSPS) is 11.2. The first-order valence-electron chi connectivity index (χ1n) is 7.69. The molecule has 0 saturated carbocycles. The number of halogens is 1. The zero-order chi connectivity index (χ0) is 18.0. The summed E-state index contributed by atoms with van der Waals surface area (Å²) in [4.78, 5) is 34.4. The Morgan fingerprint density at radius 2 is 1.71 bits per heavy atom. The molecule has 0 aliphatic rings. The smallest absolute Gasteiger partial charge is 0.237 e. The van der Waals surface area contributed by atoms with Crippen molar-refractivity contribution in [2.45, 2.75) is 34.6 Å². The van der Waals surface area contributed by atoms with E-state index in [1.807, 2.05) is 0 Å². The van der Waals surface area contributed by atoms with E-state index < -0.39 is 5.95 Å². The van der Waals surface area contributed by atoms with Crippen molar-refractivity contribution in [3.8, 4) is 10.6 Å². The predicted octanol–water partition coefficient (Wildman–Crippen LogP) is 3.82. The molecule has 2 rings (SSSR count). The van der Waals surface area contributed by atoms with E-state index in [0.29, 0.717) is 21.3 Å². The Bertz CT molecular complexity index is 734. The number of aromatic nitrogens is 2. The number of pyridine rings is 1. The van der Waals surface area contributed by atoms with Gasteiger partial charge < -0.3 is 0 Å². The molecule has 0 atom stereocenters. The third-order valence-corrected chi connectivity index (χ3v) is 4.57. The summed E-state index contributed by atoms with van der Waals surface area (Å²) in [6, 6.07) is 2.82. The Morgan fingerprint density at radius 1 is 1.12 bits per heavy atom. The minimum atomic E-state index is -0.571. The number of hydrogen-bond acceptors (Lipinski definition) is 5. The topological polar surface area (TPSA) is 63.2 Å². The molecule has 0 unspecified atom stereocenters. The second kappa shape index (κ2) is 7.17. The lowest BCUT2D eigenvalue weighted by Gasteiger charge is -2.23. The average molecular weight is 349 g/mol. The molecule has 2 heterocycles. The molecule has 0 fully saturated rings. The van der Waals surface area contributed by atoms with Crippen molar-refractivity contribution in [3.63, 3.8) is 0 Å². The van der Waals surface area contributed by atoms with Crippen LogP contribution in [0.2, 0.25) is 0 Å². The highest BCUT2D eigenvalue weighted by atomic mass is 32.1. The van der Waals surface area contributed by atoms with Gasteiger partial charge in [0, 0.05) is 23.6 Å². The summed E-state index contributed by atoms with van der Waals surface area (Å²) in [5.74, 6) is -1.72. The molecule has 0 aromatic carbocycles. The highest BCUT2D eigenvalue weighted by Crippen LogP contribution is 2.35. The van der Waals surface area contributed by atoms with Crippen molar-refractivity contribution in [2.75, 3.05) is 4.90 Å². The summed E-state index contributed by atoms with van der Waals surface area (Å²) in [5, 5.41) is 1.10. The lowest BCUT2D eigenvalue weighted by atomic mass is 10.1. The van der Waals surface area contributed by atoms with Gasteiger partial charge in [-0.2, -0.15) is 4.39 Å². The molecule has 0 radical (unpaired) electrons. The molecule has 2 aromatic rings. The molecule has 0 spiro atoms. The first kappa shape index (κ1) is 18.2. The van der Waals surface area contributed by atoms with Crippen molar-refractivity contribution in [1.29, 1.82) is 0 Å². The standard InChI is InChI=1S/C17H20FN3O2S/c1-9(2)15(22)21(16(23)10(3)4)17-11(5)20-14(24-17)12-6-7-13(18)19-8-12/h6-10H,1-5H3. The van der Waals surface area contributed by atoms with E-state index in [4.69, 9.17) is 0 Å². The number of carbonyl (C=O) groups is 2. The van der Waals surface area contributed by atoms with E-state index in [9.17, 15) is 14.0 Å². The lowest BCUT2D eigenvalue weighted by Crippen LogP contribution is -2.41. The van der Waals surface area contributed by atoms with Crippen LogP contribution in [0, 0.1) is 24.7 Å². The SMILES string of the molecule is Cc1nc(-c2ccc(F)nc2)sc1N(C(=O)C(C)C)C(=O)C(C)C. The van der Waals surface area contributed by atoms with Gasteiger partial charge in [0.15, 0.2) is 0 Å². The van der Waals surface area contributed by atoms with Gasteiger partial charge in [-0.3, -0.25) is 9.59 Å². The predicted molar refractivity (Wildman–Crippen MR) is 92.2 cm³/mol. The lowest BCUT2D eigenvalue weighted by molar-refractivity contribution is -0.129. The van der Waals surface area contributed by atoms with E-state index >= 15 is 0 Å². The minimum absolute atomic E-state index is 0.260. The summed E-state index contributed by atoms with van der Waals surface area (Å²) in [7, 11) is 0. The van der Waals surface area contributed by atoms with E-state index in [1.165, 1.54) is 28.5 Å². The molecule has 2 aromatic heterocycles. The Hall–Kier alpha value is -2.15. The van der Waals surface area contributed by atoms with E-state index in [1.54, 1.807) is 40.7 Å². The molecular weight excluding hydrogens is 329 g/mol. The van der Waals surface area contributed by atoms with Gasteiger partial charge in [-0.1, -0.05) is 39.0 Å². The number of carbonyl (C=O) groups excluding carboxylic acids is 2. The molecule has 0 bridgehead atoms. The van der Waals surface area contributed by atoms with Crippen molar-refractivity contribution >= 4 is 28.2 Å². The molecule has 2 amide bonds. The highest BCUT2D eigenvalue weighted by Gasteiger charge is 2.30. The first-order chi connectivity index (χ1) is 11.2. The quantitative estimate of drug-likeness (QED) is 0.787. The fourth-order valence-electron chi connectivity index (χ4n) is 2.05. The average Bonchev–Trinajstić information content (AvgIpc) is 2.89. The molecule has 0 saturated heterocycles. The largest absolute Gasteiger partial charge is 0.274 e. The number of aryl methyl sites for hydroxylation is 1. The summed E-state index contributed by atoms with van der Waals surface area (Å²) in [6.07, 6.45) is 1.39. The van der Waals surface area contributed by atoms with Crippen LogP contribution in [0.4, 0.5) is 9.39 Å². The number of nitrogens with zero attached hydrogens (tertiary/aromatic N) is 3. The van der Waals surface area contributed by atoms with Crippen molar-refractivity contribution in [2.24, 2.45) is 11.8 Å². The van der Waals surface area contributed by atoms with E-state index in [-0.39, 0.29) is 23.7 Å². The maximum absolute atomic E-state index is 13.0. The summed E-state index contributed by atoms with van der Waals surface area (Å²) < 4.78 is 13.0. The van der Waals surface area contributed by atoms with Gasteiger partial charge in [0.2, 0.25) is 17.8 Å². The van der Waals surface area contributed by atoms with E-state index in [0.717, 1.165) is 0 Å². The summed E-state index contributed by atoms with van der Waals surface area (Å²) in [5.41, 5.74) is 1.23. The zero-order valence-electron chi connectivity index (χ0n) is 14.3. The van der Waals surface area contributed by atoms with Gasteiger partial charge in [0.05, 0.1) is 5.69 Å². The number of thiazole rings is 1. The van der Waals surface area contributed by atoms with Gasteiger partial charge in [-0.05, 0) is 19.1 Å². The molecule has 0 N–H and O–H groups in total. The molecule has 128 valence electrons.